The summed E-state index contributed by atoms with van der Waals surface area (Å²) in [6.45, 7) is 3.33. The van der Waals surface area contributed by atoms with E-state index in [1.807, 2.05) is 54.6 Å². The monoisotopic (exact) mass is 576 g/mol. The highest BCUT2D eigenvalue weighted by atomic mass is 16.5. The van der Waals surface area contributed by atoms with Gasteiger partial charge in [-0.2, -0.15) is 0 Å². The molecule has 2 aromatic carbocycles. The lowest BCUT2D eigenvalue weighted by molar-refractivity contribution is -0.152. The van der Waals surface area contributed by atoms with Gasteiger partial charge in [-0.3, -0.25) is 19.4 Å². The molecule has 224 valence electrons. The Bertz CT molecular complexity index is 1270. The second-order valence-electron chi connectivity index (χ2n) is 11.8. The minimum absolute atomic E-state index is 0.100. The van der Waals surface area contributed by atoms with E-state index in [1.165, 1.54) is 4.90 Å². The number of hydrogen-bond acceptors (Lipinski definition) is 6. The van der Waals surface area contributed by atoms with Crippen LogP contribution in [-0.2, 0) is 20.9 Å². The molecule has 4 aliphatic heterocycles. The van der Waals surface area contributed by atoms with Crippen LogP contribution in [0.1, 0.15) is 49.3 Å². The van der Waals surface area contributed by atoms with E-state index in [1.54, 1.807) is 4.90 Å². The summed E-state index contributed by atoms with van der Waals surface area (Å²) in [5.74, 6) is 0.0898. The molecule has 0 bridgehead atoms. The normalized spacial score (nSPS) is 25.0. The van der Waals surface area contributed by atoms with Gasteiger partial charge >= 0.3 is 6.09 Å². The van der Waals surface area contributed by atoms with Gasteiger partial charge in [0.1, 0.15) is 17.8 Å². The first kappa shape index (κ1) is 28.5. The second-order valence-corrected chi connectivity index (χ2v) is 11.8. The second kappa shape index (κ2) is 12.7. The lowest BCUT2D eigenvalue weighted by atomic mass is 9.88. The van der Waals surface area contributed by atoms with Crippen LogP contribution >= 0.6 is 0 Å². The number of carbonyl (C=O) groups is 3. The third-order valence-electron chi connectivity index (χ3n) is 9.29. The number of carbonyl (C=O) groups excluding carboxylic acids is 2. The van der Waals surface area contributed by atoms with Gasteiger partial charge in [-0.05, 0) is 49.8 Å². The van der Waals surface area contributed by atoms with E-state index in [-0.39, 0.29) is 36.4 Å². The Morgan fingerprint density at radius 2 is 1.71 bits per heavy atom. The lowest BCUT2D eigenvalue weighted by Gasteiger charge is -2.46. The maximum atomic E-state index is 14.7. The molecule has 3 saturated heterocycles. The largest absolute Gasteiger partial charge is 0.493 e. The van der Waals surface area contributed by atoms with Gasteiger partial charge < -0.3 is 24.8 Å². The molecule has 0 spiro atoms. The predicted octanol–water partition coefficient (Wildman–Crippen LogP) is 3.28. The van der Waals surface area contributed by atoms with Crippen molar-refractivity contribution in [3.63, 3.8) is 0 Å². The molecule has 0 aliphatic carbocycles. The Labute approximate surface area is 246 Å². The highest BCUT2D eigenvalue weighted by molar-refractivity contribution is 5.92. The van der Waals surface area contributed by atoms with Crippen molar-refractivity contribution in [3.8, 4) is 5.75 Å². The molecule has 3 amide bonds. The van der Waals surface area contributed by atoms with Crippen molar-refractivity contribution < 1.29 is 29.0 Å². The average Bonchev–Trinajstić information content (AvgIpc) is 3.49. The average molecular weight is 577 g/mol. The van der Waals surface area contributed by atoms with Crippen LogP contribution in [0.4, 0.5) is 4.79 Å². The molecule has 0 radical (unpaired) electrons. The van der Waals surface area contributed by atoms with E-state index in [4.69, 9.17) is 9.47 Å². The van der Waals surface area contributed by atoms with E-state index in [0.717, 1.165) is 36.3 Å². The van der Waals surface area contributed by atoms with Crippen LogP contribution in [0, 0.1) is 5.92 Å². The van der Waals surface area contributed by atoms with Crippen LogP contribution in [0.2, 0.25) is 0 Å². The minimum Gasteiger partial charge on any atom is -0.493 e. The fourth-order valence-corrected chi connectivity index (χ4v) is 7.10. The molecule has 4 heterocycles. The van der Waals surface area contributed by atoms with Crippen molar-refractivity contribution >= 4 is 17.9 Å². The number of nitrogens with zero attached hydrogens (tertiary/aromatic N) is 3. The van der Waals surface area contributed by atoms with Crippen LogP contribution < -0.4 is 10.1 Å². The minimum atomic E-state index is -1.14. The van der Waals surface area contributed by atoms with Gasteiger partial charge in [0.05, 0.1) is 12.6 Å². The van der Waals surface area contributed by atoms with E-state index in [2.05, 4.69) is 10.2 Å². The first-order chi connectivity index (χ1) is 20.5. The molecule has 0 unspecified atom stereocenters. The number of carboxylic acid groups (broad SMARTS) is 1. The molecule has 42 heavy (non-hydrogen) atoms. The van der Waals surface area contributed by atoms with Gasteiger partial charge in [-0.25, -0.2) is 4.79 Å². The summed E-state index contributed by atoms with van der Waals surface area (Å²) in [6, 6.07) is 15.4. The Morgan fingerprint density at radius 1 is 0.952 bits per heavy atom. The van der Waals surface area contributed by atoms with Gasteiger partial charge in [-0.1, -0.05) is 48.5 Å². The van der Waals surface area contributed by atoms with Crippen molar-refractivity contribution in [2.45, 2.75) is 62.8 Å². The highest BCUT2D eigenvalue weighted by Crippen LogP contribution is 2.34. The molecule has 3 fully saturated rings. The maximum Gasteiger partial charge on any atom is 0.408 e. The summed E-state index contributed by atoms with van der Waals surface area (Å²) in [4.78, 5) is 46.8. The van der Waals surface area contributed by atoms with Gasteiger partial charge in [0.2, 0.25) is 11.8 Å². The highest BCUT2D eigenvalue weighted by Gasteiger charge is 2.47. The van der Waals surface area contributed by atoms with Crippen molar-refractivity contribution in [1.82, 2.24) is 20.0 Å². The van der Waals surface area contributed by atoms with Crippen molar-refractivity contribution in [2.75, 3.05) is 39.5 Å². The van der Waals surface area contributed by atoms with E-state index >= 15 is 0 Å². The first-order valence-electron chi connectivity index (χ1n) is 15.2. The van der Waals surface area contributed by atoms with Crippen LogP contribution in [0.3, 0.4) is 0 Å². The van der Waals surface area contributed by atoms with Gasteiger partial charge in [0.25, 0.3) is 0 Å². The van der Waals surface area contributed by atoms with Crippen LogP contribution in [0.5, 0.6) is 5.75 Å². The number of amides is 3. The molecule has 4 aliphatic rings. The molecule has 10 nitrogen and oxygen atoms in total. The standard InChI is InChI=1S/C32H40N4O6/c37-30(33-26-14-18-42-28-11-5-4-10-25(26)28)27-21-34-15-6-9-24(34)20-35(27)31(38)29(23-12-16-41-17-13-23)36(32(39)40)19-22-7-2-1-3-8-22/h1-5,7-8,10-11,23-24,26-27,29H,6,9,12-21H2,(H,33,37)(H,39,40)/t24-,26-,27+,29+/m1/s1. The Hall–Kier alpha value is -3.63. The summed E-state index contributed by atoms with van der Waals surface area (Å²) in [6.07, 6.45) is 2.67. The number of fused-ring (bicyclic) bond motifs is 2. The van der Waals surface area contributed by atoms with Gasteiger partial charge in [-0.15, -0.1) is 0 Å². The number of hydrogen-bond donors (Lipinski definition) is 2. The Balaban J connectivity index is 1.30. The fraction of sp³-hybridized carbons (Fsp3) is 0.531. The number of piperazine rings is 1. The summed E-state index contributed by atoms with van der Waals surface area (Å²) in [5, 5.41) is 13.7. The topological polar surface area (TPSA) is 112 Å². The van der Waals surface area contributed by atoms with Crippen LogP contribution in [0.15, 0.2) is 54.6 Å². The molecular formula is C32H40N4O6. The molecule has 2 aromatic rings. The van der Waals surface area contributed by atoms with E-state index < -0.39 is 18.2 Å². The maximum absolute atomic E-state index is 14.7. The summed E-state index contributed by atoms with van der Waals surface area (Å²) < 4.78 is 11.4. The van der Waals surface area contributed by atoms with Crippen LogP contribution in [-0.4, -0.2) is 95.3 Å². The Kier molecular flexibility index (Phi) is 8.62. The number of nitrogens with one attached hydrogen (secondary N) is 1. The van der Waals surface area contributed by atoms with E-state index in [0.29, 0.717) is 52.2 Å². The summed E-state index contributed by atoms with van der Waals surface area (Å²) >= 11 is 0. The lowest BCUT2D eigenvalue weighted by Crippen LogP contribution is -2.66. The first-order valence-corrected chi connectivity index (χ1v) is 15.2. The van der Waals surface area contributed by atoms with Gasteiger partial charge in [0, 0.05) is 50.9 Å². The molecular weight excluding hydrogens is 536 g/mol. The zero-order valence-corrected chi connectivity index (χ0v) is 23.9. The summed E-state index contributed by atoms with van der Waals surface area (Å²) in [5.41, 5.74) is 1.75. The SMILES string of the molecule is O=C(N[C@@H]1CCOc2ccccc21)[C@@H]1CN2CCC[C@@H]2CN1C(=O)[C@H](C1CCOCC1)N(Cc1ccccc1)C(=O)O. The van der Waals surface area contributed by atoms with Crippen molar-refractivity contribution in [2.24, 2.45) is 5.92 Å². The zero-order valence-electron chi connectivity index (χ0n) is 23.9. The van der Waals surface area contributed by atoms with E-state index in [9.17, 15) is 19.5 Å². The van der Waals surface area contributed by atoms with Gasteiger partial charge in [0.15, 0.2) is 0 Å². The summed E-state index contributed by atoms with van der Waals surface area (Å²) in [7, 11) is 0. The Morgan fingerprint density at radius 3 is 2.50 bits per heavy atom. The third-order valence-corrected chi connectivity index (χ3v) is 9.29. The zero-order chi connectivity index (χ0) is 29.1. The number of rotatable bonds is 7. The van der Waals surface area contributed by atoms with Crippen molar-refractivity contribution in [3.05, 3.63) is 65.7 Å². The third kappa shape index (κ3) is 5.96. The number of benzene rings is 2. The molecule has 10 heteroatoms. The molecule has 0 saturated carbocycles. The molecule has 6 rings (SSSR count). The smallest absolute Gasteiger partial charge is 0.408 e. The molecule has 0 aromatic heterocycles. The fourth-order valence-electron chi connectivity index (χ4n) is 7.10. The molecule has 2 N–H and O–H groups in total. The number of para-hydroxylation sites is 1. The van der Waals surface area contributed by atoms with Crippen molar-refractivity contribution in [1.29, 1.82) is 0 Å². The molecule has 4 atom stereocenters. The number of ether oxygens (including phenoxy) is 2. The van der Waals surface area contributed by atoms with Crippen LogP contribution in [0.25, 0.3) is 0 Å². The quantitative estimate of drug-likeness (QED) is 0.521. The predicted molar refractivity (Wildman–Crippen MR) is 155 cm³/mol.